The van der Waals surface area contributed by atoms with Gasteiger partial charge in [-0.2, -0.15) is 0 Å². The molecule has 1 heterocycles. The lowest BCUT2D eigenvalue weighted by Gasteiger charge is -2.37. The van der Waals surface area contributed by atoms with Crippen molar-refractivity contribution in [2.75, 3.05) is 27.3 Å². The molecular weight excluding hydrogens is 330 g/mol. The molecular formula is C21H25NO4. The Hall–Kier alpha value is -2.53. The first-order valence-electron chi connectivity index (χ1n) is 8.87. The second kappa shape index (κ2) is 8.23. The van der Waals surface area contributed by atoms with Gasteiger partial charge >= 0.3 is 5.97 Å². The second-order valence-electron chi connectivity index (χ2n) is 6.57. The molecule has 5 nitrogen and oxygen atoms in total. The maximum atomic E-state index is 11.3. The molecule has 5 heteroatoms. The average Bonchev–Trinajstić information content (AvgIpc) is 2.69. The van der Waals surface area contributed by atoms with E-state index in [0.717, 1.165) is 35.7 Å². The minimum absolute atomic E-state index is 0.0202. The van der Waals surface area contributed by atoms with Crippen LogP contribution in [0.2, 0.25) is 0 Å². The Morgan fingerprint density at radius 2 is 1.69 bits per heavy atom. The number of likely N-dealkylation sites (tertiary alicyclic amines) is 1. The zero-order chi connectivity index (χ0) is 18.5. The number of ether oxygens (including phenoxy) is 2. The van der Waals surface area contributed by atoms with E-state index in [9.17, 15) is 9.90 Å². The minimum atomic E-state index is -0.692. The molecule has 1 atom stereocenters. The van der Waals surface area contributed by atoms with Gasteiger partial charge < -0.3 is 14.6 Å². The van der Waals surface area contributed by atoms with Gasteiger partial charge in [-0.1, -0.05) is 30.3 Å². The summed E-state index contributed by atoms with van der Waals surface area (Å²) in [7, 11) is 3.34. The lowest BCUT2D eigenvalue weighted by Crippen LogP contribution is -2.39. The van der Waals surface area contributed by atoms with Crippen LogP contribution in [0.3, 0.4) is 0 Å². The van der Waals surface area contributed by atoms with E-state index in [1.165, 1.54) is 0 Å². The number of carbonyl (C=O) groups is 1. The van der Waals surface area contributed by atoms with Gasteiger partial charge in [0.15, 0.2) is 0 Å². The molecule has 0 saturated carbocycles. The highest BCUT2D eigenvalue weighted by molar-refractivity contribution is 5.70. The number of nitrogens with zero attached hydrogens (tertiary/aromatic N) is 1. The van der Waals surface area contributed by atoms with Gasteiger partial charge in [-0.05, 0) is 49.7 Å². The molecule has 0 aromatic heterocycles. The number of carboxylic acids is 1. The third kappa shape index (κ3) is 3.83. The topological polar surface area (TPSA) is 59.0 Å². The van der Waals surface area contributed by atoms with Crippen LogP contribution in [0.1, 0.15) is 30.0 Å². The van der Waals surface area contributed by atoms with Gasteiger partial charge in [-0.3, -0.25) is 9.69 Å². The molecule has 1 N–H and O–H groups in total. The number of piperidine rings is 1. The maximum absolute atomic E-state index is 11.3. The fourth-order valence-electron chi connectivity index (χ4n) is 3.67. The van der Waals surface area contributed by atoms with Crippen LogP contribution >= 0.6 is 0 Å². The lowest BCUT2D eigenvalue weighted by molar-refractivity contribution is -0.143. The number of methoxy groups -OCH3 is 2. The third-order valence-corrected chi connectivity index (χ3v) is 5.11. The molecule has 1 aliphatic rings. The summed E-state index contributed by atoms with van der Waals surface area (Å²) in [6, 6.07) is 16.1. The van der Waals surface area contributed by atoms with Crippen LogP contribution in [-0.2, 0) is 4.79 Å². The highest BCUT2D eigenvalue weighted by Crippen LogP contribution is 2.37. The summed E-state index contributed by atoms with van der Waals surface area (Å²) >= 11 is 0. The van der Waals surface area contributed by atoms with Crippen LogP contribution in [0, 0.1) is 5.92 Å². The van der Waals surface area contributed by atoms with Crippen LogP contribution in [0.25, 0.3) is 0 Å². The molecule has 0 bridgehead atoms. The molecule has 0 amide bonds. The summed E-state index contributed by atoms with van der Waals surface area (Å²) < 4.78 is 10.9. The second-order valence-corrected chi connectivity index (χ2v) is 6.57. The van der Waals surface area contributed by atoms with E-state index in [0.29, 0.717) is 12.8 Å². The number of carboxylic acid groups (broad SMARTS) is 1. The van der Waals surface area contributed by atoms with Crippen molar-refractivity contribution in [1.82, 2.24) is 4.90 Å². The number of hydrogen-bond donors (Lipinski definition) is 1. The smallest absolute Gasteiger partial charge is 0.306 e. The van der Waals surface area contributed by atoms with Gasteiger partial charge in [0.2, 0.25) is 0 Å². The molecule has 1 aliphatic heterocycles. The Bertz CT molecular complexity index is 736. The molecule has 0 aliphatic carbocycles. The molecule has 1 unspecified atom stereocenters. The Morgan fingerprint density at radius 1 is 1.04 bits per heavy atom. The molecule has 2 aromatic rings. The predicted molar refractivity (Wildman–Crippen MR) is 99.8 cm³/mol. The molecule has 1 saturated heterocycles. The van der Waals surface area contributed by atoms with Crippen LogP contribution in [0.4, 0.5) is 0 Å². The summed E-state index contributed by atoms with van der Waals surface area (Å²) in [5, 5.41) is 9.28. The van der Waals surface area contributed by atoms with Crippen molar-refractivity contribution < 1.29 is 19.4 Å². The van der Waals surface area contributed by atoms with Crippen molar-refractivity contribution >= 4 is 5.97 Å². The first-order valence-corrected chi connectivity index (χ1v) is 8.87. The molecule has 3 rings (SSSR count). The fourth-order valence-corrected chi connectivity index (χ4v) is 3.67. The first-order chi connectivity index (χ1) is 12.6. The van der Waals surface area contributed by atoms with Gasteiger partial charge in [-0.25, -0.2) is 0 Å². The van der Waals surface area contributed by atoms with Crippen molar-refractivity contribution in [2.45, 2.75) is 18.9 Å². The predicted octanol–water partition coefficient (Wildman–Crippen LogP) is 3.59. The molecule has 1 fully saturated rings. The number of rotatable bonds is 6. The summed E-state index contributed by atoms with van der Waals surface area (Å²) in [6.07, 6.45) is 1.33. The van der Waals surface area contributed by atoms with E-state index in [1.54, 1.807) is 14.2 Å². The van der Waals surface area contributed by atoms with Crippen molar-refractivity contribution in [1.29, 1.82) is 0 Å². The van der Waals surface area contributed by atoms with Crippen LogP contribution in [-0.4, -0.2) is 43.3 Å². The van der Waals surface area contributed by atoms with E-state index in [2.05, 4.69) is 23.1 Å². The highest BCUT2D eigenvalue weighted by atomic mass is 16.5. The Labute approximate surface area is 154 Å². The monoisotopic (exact) mass is 355 g/mol. The minimum Gasteiger partial charge on any atom is -0.497 e. The van der Waals surface area contributed by atoms with Gasteiger partial charge in [0.25, 0.3) is 0 Å². The van der Waals surface area contributed by atoms with Gasteiger partial charge in [0, 0.05) is 5.56 Å². The lowest BCUT2D eigenvalue weighted by atomic mass is 9.91. The van der Waals surface area contributed by atoms with Crippen molar-refractivity contribution in [2.24, 2.45) is 5.92 Å². The highest BCUT2D eigenvalue weighted by Gasteiger charge is 2.31. The van der Waals surface area contributed by atoms with Crippen LogP contribution in [0.5, 0.6) is 11.5 Å². The van der Waals surface area contributed by atoms with E-state index in [1.807, 2.05) is 30.3 Å². The standard InChI is InChI=1S/C21H25NO4/c1-25-17-9-7-15(8-10-17)20(18-5-3-4-6-19(18)26-2)22-13-11-16(12-14-22)21(23)24/h3-10,16,20H,11-14H2,1-2H3,(H,23,24). The Morgan fingerprint density at radius 3 is 2.27 bits per heavy atom. The Kier molecular flexibility index (Phi) is 5.78. The van der Waals surface area contributed by atoms with Crippen molar-refractivity contribution in [3.8, 4) is 11.5 Å². The number of para-hydroxylation sites is 1. The summed E-state index contributed by atoms with van der Waals surface area (Å²) in [5.41, 5.74) is 2.23. The zero-order valence-corrected chi connectivity index (χ0v) is 15.2. The Balaban J connectivity index is 1.95. The molecule has 2 aromatic carbocycles. The molecule has 138 valence electrons. The van der Waals surface area contributed by atoms with Gasteiger partial charge in [0.1, 0.15) is 11.5 Å². The van der Waals surface area contributed by atoms with Crippen LogP contribution in [0.15, 0.2) is 48.5 Å². The maximum Gasteiger partial charge on any atom is 0.306 e. The normalized spacial score (nSPS) is 16.8. The molecule has 0 spiro atoms. The van der Waals surface area contributed by atoms with Crippen molar-refractivity contribution in [3.63, 3.8) is 0 Å². The van der Waals surface area contributed by atoms with E-state index < -0.39 is 5.97 Å². The molecule has 0 radical (unpaired) electrons. The van der Waals surface area contributed by atoms with Crippen molar-refractivity contribution in [3.05, 3.63) is 59.7 Å². The SMILES string of the molecule is COc1ccc(C(c2ccccc2OC)N2CCC(C(=O)O)CC2)cc1. The largest absolute Gasteiger partial charge is 0.497 e. The van der Waals surface area contributed by atoms with E-state index in [4.69, 9.17) is 9.47 Å². The van der Waals surface area contributed by atoms with Gasteiger partial charge in [-0.15, -0.1) is 0 Å². The number of hydrogen-bond acceptors (Lipinski definition) is 4. The van der Waals surface area contributed by atoms with E-state index >= 15 is 0 Å². The summed E-state index contributed by atoms with van der Waals surface area (Å²) in [4.78, 5) is 13.6. The van der Waals surface area contributed by atoms with Gasteiger partial charge in [0.05, 0.1) is 26.2 Å². The number of benzene rings is 2. The molecule has 26 heavy (non-hydrogen) atoms. The van der Waals surface area contributed by atoms with Crippen LogP contribution < -0.4 is 9.47 Å². The fraction of sp³-hybridized carbons (Fsp3) is 0.381. The first kappa shape index (κ1) is 18.3. The summed E-state index contributed by atoms with van der Waals surface area (Å²) in [6.45, 7) is 1.48. The third-order valence-electron chi connectivity index (χ3n) is 5.11. The zero-order valence-electron chi connectivity index (χ0n) is 15.2. The summed E-state index contributed by atoms with van der Waals surface area (Å²) in [5.74, 6) is 0.717. The average molecular weight is 355 g/mol. The quantitative estimate of drug-likeness (QED) is 0.858. The number of aliphatic carboxylic acids is 1. The van der Waals surface area contributed by atoms with E-state index in [-0.39, 0.29) is 12.0 Å².